The number of aromatic nitrogens is 1. The molecule has 5 N–H and O–H groups in total. The maximum Gasteiger partial charge on any atom is 0.264 e. The van der Waals surface area contributed by atoms with E-state index in [0.29, 0.717) is 17.1 Å². The summed E-state index contributed by atoms with van der Waals surface area (Å²) in [5, 5.41) is 0. The smallest absolute Gasteiger partial charge is 0.264 e. The molecule has 8 heteroatoms. The van der Waals surface area contributed by atoms with Gasteiger partial charge in [-0.05, 0) is 66.1 Å². The monoisotopic (exact) mass is 475 g/mol. The number of pyridine rings is 1. The molecular formula is C26H25N3O4S. The normalized spacial score (nSPS) is 11.3. The van der Waals surface area contributed by atoms with Gasteiger partial charge in [0, 0.05) is 22.5 Å². The summed E-state index contributed by atoms with van der Waals surface area (Å²) >= 11 is 0. The zero-order valence-corrected chi connectivity index (χ0v) is 19.2. The van der Waals surface area contributed by atoms with E-state index in [2.05, 4.69) is 0 Å². The molecule has 0 saturated heterocycles. The predicted molar refractivity (Wildman–Crippen MR) is 136 cm³/mol. The Morgan fingerprint density at radius 3 is 1.65 bits per heavy atom. The first-order valence-electron chi connectivity index (χ1n) is 10.7. The van der Waals surface area contributed by atoms with E-state index < -0.39 is 10.1 Å². The van der Waals surface area contributed by atoms with Crippen molar-refractivity contribution in [1.82, 2.24) is 4.98 Å². The molecule has 4 rings (SSSR count). The summed E-state index contributed by atoms with van der Waals surface area (Å²) in [6.45, 7) is 0.191. The predicted octanol–water partition coefficient (Wildman–Crippen LogP) is 4.90. The third-order valence-electron chi connectivity index (χ3n) is 5.24. The van der Waals surface area contributed by atoms with Crippen molar-refractivity contribution in [2.24, 2.45) is 0 Å². The summed E-state index contributed by atoms with van der Waals surface area (Å²) in [4.78, 5) is 4.87. The summed E-state index contributed by atoms with van der Waals surface area (Å²) in [5.74, 6) is 0.287. The van der Waals surface area contributed by atoms with E-state index in [9.17, 15) is 8.42 Å². The number of nitrogens with two attached hydrogens (primary N) is 2. The average molecular weight is 476 g/mol. The zero-order chi connectivity index (χ0) is 24.1. The van der Waals surface area contributed by atoms with Gasteiger partial charge in [-0.3, -0.25) is 4.55 Å². The van der Waals surface area contributed by atoms with Crippen LogP contribution in [0.1, 0.15) is 6.42 Å². The second-order valence-corrected chi connectivity index (χ2v) is 9.45. The third kappa shape index (κ3) is 6.12. The molecule has 0 atom stereocenters. The SMILES string of the molecule is Nc1ccc(-c2cc(-c3ccc(OCCCS(=O)(=O)O)cc3)cc(-c3ccc(N)cc3)n2)cc1. The minimum Gasteiger partial charge on any atom is -0.494 e. The van der Waals surface area contributed by atoms with Crippen LogP contribution in [0.25, 0.3) is 33.6 Å². The number of ether oxygens (including phenoxy) is 1. The first-order chi connectivity index (χ1) is 16.3. The van der Waals surface area contributed by atoms with E-state index in [1.807, 2.05) is 84.9 Å². The lowest BCUT2D eigenvalue weighted by atomic mass is 9.99. The Balaban J connectivity index is 1.63. The van der Waals surface area contributed by atoms with E-state index in [4.69, 9.17) is 25.7 Å². The number of nitrogen functional groups attached to an aromatic ring is 2. The van der Waals surface area contributed by atoms with E-state index >= 15 is 0 Å². The van der Waals surface area contributed by atoms with Crippen molar-refractivity contribution in [2.75, 3.05) is 23.8 Å². The fourth-order valence-corrected chi connectivity index (χ4v) is 3.96. The fraction of sp³-hybridized carbons (Fsp3) is 0.115. The second kappa shape index (κ2) is 9.94. The third-order valence-corrected chi connectivity index (χ3v) is 6.05. The van der Waals surface area contributed by atoms with Gasteiger partial charge in [-0.15, -0.1) is 0 Å². The van der Waals surface area contributed by atoms with E-state index in [-0.39, 0.29) is 18.8 Å². The Labute approximate surface area is 198 Å². The molecule has 0 aliphatic rings. The summed E-state index contributed by atoms with van der Waals surface area (Å²) in [6.07, 6.45) is 0.209. The minimum atomic E-state index is -3.98. The Hall–Kier alpha value is -3.88. The maximum absolute atomic E-state index is 10.8. The van der Waals surface area contributed by atoms with Crippen LogP contribution in [0.5, 0.6) is 5.75 Å². The molecule has 1 heterocycles. The van der Waals surface area contributed by atoms with Crippen molar-refractivity contribution in [3.63, 3.8) is 0 Å². The van der Waals surface area contributed by atoms with Crippen molar-refractivity contribution >= 4 is 21.5 Å². The van der Waals surface area contributed by atoms with Gasteiger partial charge >= 0.3 is 0 Å². The van der Waals surface area contributed by atoms with E-state index in [1.165, 1.54) is 0 Å². The van der Waals surface area contributed by atoms with Crippen LogP contribution in [0.15, 0.2) is 84.9 Å². The van der Waals surface area contributed by atoms with Gasteiger partial charge in [0.1, 0.15) is 5.75 Å². The topological polar surface area (TPSA) is 129 Å². The lowest BCUT2D eigenvalue weighted by molar-refractivity contribution is 0.316. The first kappa shape index (κ1) is 23.3. The molecule has 0 fully saturated rings. The van der Waals surface area contributed by atoms with Crippen LogP contribution in [0.3, 0.4) is 0 Å². The number of hydrogen-bond acceptors (Lipinski definition) is 6. The molecule has 0 bridgehead atoms. The van der Waals surface area contributed by atoms with Crippen LogP contribution >= 0.6 is 0 Å². The van der Waals surface area contributed by atoms with Gasteiger partial charge in [-0.25, -0.2) is 4.98 Å². The van der Waals surface area contributed by atoms with Crippen molar-refractivity contribution in [3.05, 3.63) is 84.9 Å². The van der Waals surface area contributed by atoms with Gasteiger partial charge < -0.3 is 16.2 Å². The maximum atomic E-state index is 10.8. The molecule has 0 aliphatic heterocycles. The van der Waals surface area contributed by atoms with Crippen molar-refractivity contribution < 1.29 is 17.7 Å². The molecule has 1 aromatic heterocycles. The Morgan fingerprint density at radius 1 is 0.706 bits per heavy atom. The molecule has 0 unspecified atom stereocenters. The molecule has 0 spiro atoms. The number of nitrogens with zero attached hydrogens (tertiary/aromatic N) is 1. The molecule has 0 aliphatic carbocycles. The summed E-state index contributed by atoms with van der Waals surface area (Å²) in [7, 11) is -3.98. The lowest BCUT2D eigenvalue weighted by Crippen LogP contribution is -2.08. The molecule has 0 radical (unpaired) electrons. The highest BCUT2D eigenvalue weighted by Gasteiger charge is 2.10. The summed E-state index contributed by atoms with van der Waals surface area (Å²) in [5.41, 5.74) is 18.6. The van der Waals surface area contributed by atoms with Gasteiger partial charge in [0.25, 0.3) is 10.1 Å². The standard InChI is InChI=1S/C26H25N3O4S/c27-22-8-2-19(3-9-22)25-16-21(17-26(29-25)20-4-10-23(28)11-5-20)18-6-12-24(13-7-18)33-14-1-15-34(30,31)32/h2-13,16-17H,1,14-15,27-28H2,(H,30,31,32). The van der Waals surface area contributed by atoms with E-state index in [1.54, 1.807) is 0 Å². The fourth-order valence-electron chi connectivity index (χ4n) is 3.48. The molecule has 0 amide bonds. The van der Waals surface area contributed by atoms with Gasteiger partial charge in [-0.1, -0.05) is 36.4 Å². The van der Waals surface area contributed by atoms with Gasteiger partial charge in [0.2, 0.25) is 0 Å². The molecule has 34 heavy (non-hydrogen) atoms. The summed E-state index contributed by atoms with van der Waals surface area (Å²) < 4.78 is 36.0. The van der Waals surface area contributed by atoms with Gasteiger partial charge in [0.15, 0.2) is 0 Å². The number of benzene rings is 3. The zero-order valence-electron chi connectivity index (χ0n) is 18.4. The first-order valence-corrected chi connectivity index (χ1v) is 12.3. The van der Waals surface area contributed by atoms with Gasteiger partial charge in [0.05, 0.1) is 23.7 Å². The number of hydrogen-bond donors (Lipinski definition) is 3. The number of rotatable bonds is 8. The van der Waals surface area contributed by atoms with Crippen LogP contribution in [0.4, 0.5) is 11.4 Å². The second-order valence-electron chi connectivity index (χ2n) is 7.88. The van der Waals surface area contributed by atoms with Crippen LogP contribution in [-0.4, -0.2) is 30.3 Å². The Kier molecular flexibility index (Phi) is 6.81. The minimum absolute atomic E-state index is 0.191. The molecule has 3 aromatic carbocycles. The quantitative estimate of drug-likeness (QED) is 0.188. The lowest BCUT2D eigenvalue weighted by Gasteiger charge is -2.12. The molecular weight excluding hydrogens is 450 g/mol. The molecule has 7 nitrogen and oxygen atoms in total. The van der Waals surface area contributed by atoms with Crippen LogP contribution in [0, 0.1) is 0 Å². The van der Waals surface area contributed by atoms with Crippen molar-refractivity contribution in [1.29, 1.82) is 0 Å². The Bertz CT molecular complexity index is 1310. The highest BCUT2D eigenvalue weighted by Crippen LogP contribution is 2.31. The molecule has 0 saturated carbocycles. The van der Waals surface area contributed by atoms with E-state index in [0.717, 1.165) is 33.6 Å². The van der Waals surface area contributed by atoms with Crippen molar-refractivity contribution in [2.45, 2.75) is 6.42 Å². The molecule has 174 valence electrons. The van der Waals surface area contributed by atoms with Gasteiger partial charge in [-0.2, -0.15) is 8.42 Å². The highest BCUT2D eigenvalue weighted by molar-refractivity contribution is 7.85. The van der Waals surface area contributed by atoms with Crippen LogP contribution in [0.2, 0.25) is 0 Å². The highest BCUT2D eigenvalue weighted by atomic mass is 32.2. The van der Waals surface area contributed by atoms with Crippen LogP contribution < -0.4 is 16.2 Å². The average Bonchev–Trinajstić information content (AvgIpc) is 2.82. The largest absolute Gasteiger partial charge is 0.494 e. The molecule has 4 aromatic rings. The van der Waals surface area contributed by atoms with Crippen molar-refractivity contribution in [3.8, 4) is 39.4 Å². The Morgan fingerprint density at radius 2 is 1.18 bits per heavy atom. The van der Waals surface area contributed by atoms with Crippen LogP contribution in [-0.2, 0) is 10.1 Å². The summed E-state index contributed by atoms with van der Waals surface area (Å²) in [6, 6.07) is 26.7. The number of anilines is 2.